The third kappa shape index (κ3) is 5.43. The average molecular weight is 181 g/mol. The van der Waals surface area contributed by atoms with Crippen molar-refractivity contribution >= 4 is 23.4 Å². The van der Waals surface area contributed by atoms with Crippen molar-refractivity contribution in [1.82, 2.24) is 0 Å². The van der Waals surface area contributed by atoms with Gasteiger partial charge in [-0.15, -0.1) is 11.6 Å². The van der Waals surface area contributed by atoms with Gasteiger partial charge in [-0.1, -0.05) is 27.2 Å². The van der Waals surface area contributed by atoms with E-state index in [2.05, 4.69) is 20.8 Å². The van der Waals surface area contributed by atoms with Crippen LogP contribution in [0.4, 0.5) is 0 Å². The van der Waals surface area contributed by atoms with Crippen molar-refractivity contribution in [3.05, 3.63) is 0 Å². The largest absolute Gasteiger partial charge is 0.155 e. The van der Waals surface area contributed by atoms with Crippen molar-refractivity contribution < 1.29 is 0 Å². The van der Waals surface area contributed by atoms with Gasteiger partial charge in [-0.25, -0.2) is 0 Å². The van der Waals surface area contributed by atoms with Gasteiger partial charge in [0.05, 0.1) is 0 Å². The second-order valence-corrected chi connectivity index (χ2v) is 4.89. The third-order valence-electron chi connectivity index (χ3n) is 1.38. The van der Waals surface area contributed by atoms with Gasteiger partial charge < -0.3 is 0 Å². The molecule has 0 aliphatic rings. The van der Waals surface area contributed by atoms with Gasteiger partial charge in [0.1, 0.15) is 0 Å². The van der Waals surface area contributed by atoms with Crippen LogP contribution in [0.25, 0.3) is 0 Å². The highest BCUT2D eigenvalue weighted by Gasteiger charge is 2.06. The molecule has 2 atom stereocenters. The molecule has 2 heteroatoms. The molecule has 0 aliphatic heterocycles. The van der Waals surface area contributed by atoms with Crippen LogP contribution in [0, 0.1) is 0 Å². The fourth-order valence-electron chi connectivity index (χ4n) is 0.908. The number of rotatable bonds is 5. The van der Waals surface area contributed by atoms with Crippen molar-refractivity contribution in [2.45, 2.75) is 44.1 Å². The molecular formula is C8H17ClS. The lowest BCUT2D eigenvalue weighted by molar-refractivity contribution is 0.784. The zero-order valence-corrected chi connectivity index (χ0v) is 8.63. The lowest BCUT2D eigenvalue weighted by Crippen LogP contribution is -2.05. The number of halogens is 1. The molecule has 0 spiro atoms. The first-order valence-electron chi connectivity index (χ1n) is 3.92. The summed E-state index contributed by atoms with van der Waals surface area (Å²) in [5.41, 5.74) is 0. The van der Waals surface area contributed by atoms with Crippen LogP contribution < -0.4 is 0 Å². The SMILES string of the molecule is CCCC(C)SC(C)CCl. The molecule has 0 saturated heterocycles. The Balaban J connectivity index is 3.27. The fourth-order valence-corrected chi connectivity index (χ4v) is 2.36. The van der Waals surface area contributed by atoms with Crippen molar-refractivity contribution in [3.8, 4) is 0 Å². The van der Waals surface area contributed by atoms with Crippen LogP contribution >= 0.6 is 23.4 Å². The minimum Gasteiger partial charge on any atom is -0.155 e. The first-order valence-corrected chi connectivity index (χ1v) is 5.39. The van der Waals surface area contributed by atoms with E-state index in [1.165, 1.54) is 12.8 Å². The Kier molecular flexibility index (Phi) is 6.76. The summed E-state index contributed by atoms with van der Waals surface area (Å²) in [4.78, 5) is 0. The molecule has 0 aromatic heterocycles. The van der Waals surface area contributed by atoms with E-state index in [1.807, 2.05) is 11.8 Å². The molecule has 0 saturated carbocycles. The highest BCUT2D eigenvalue weighted by molar-refractivity contribution is 8.00. The molecule has 0 aromatic carbocycles. The van der Waals surface area contributed by atoms with E-state index in [1.54, 1.807) is 0 Å². The molecule has 0 nitrogen and oxygen atoms in total. The van der Waals surface area contributed by atoms with Gasteiger partial charge in [0, 0.05) is 16.4 Å². The van der Waals surface area contributed by atoms with E-state index in [0.717, 1.165) is 11.1 Å². The maximum Gasteiger partial charge on any atom is 0.0340 e. The van der Waals surface area contributed by atoms with Crippen LogP contribution in [0.5, 0.6) is 0 Å². The van der Waals surface area contributed by atoms with Gasteiger partial charge in [0.2, 0.25) is 0 Å². The van der Waals surface area contributed by atoms with Crippen LogP contribution in [-0.4, -0.2) is 16.4 Å². The van der Waals surface area contributed by atoms with Gasteiger partial charge in [0.15, 0.2) is 0 Å². The predicted molar refractivity (Wildman–Crippen MR) is 52.1 cm³/mol. The molecule has 0 N–H and O–H groups in total. The molecule has 0 heterocycles. The molecule has 0 bridgehead atoms. The number of thioether (sulfide) groups is 1. The molecule has 2 unspecified atom stereocenters. The van der Waals surface area contributed by atoms with Crippen molar-refractivity contribution in [2.24, 2.45) is 0 Å². The molecule has 0 amide bonds. The average Bonchev–Trinajstić information content (AvgIpc) is 1.88. The Bertz CT molecular complexity index is 75.7. The van der Waals surface area contributed by atoms with Gasteiger partial charge in [0.25, 0.3) is 0 Å². The van der Waals surface area contributed by atoms with Crippen LogP contribution in [-0.2, 0) is 0 Å². The Morgan fingerprint density at radius 1 is 1.30 bits per heavy atom. The van der Waals surface area contributed by atoms with Gasteiger partial charge >= 0.3 is 0 Å². The Hall–Kier alpha value is 0.640. The number of hydrogen-bond acceptors (Lipinski definition) is 1. The highest BCUT2D eigenvalue weighted by Crippen LogP contribution is 2.21. The van der Waals surface area contributed by atoms with Crippen LogP contribution in [0.2, 0.25) is 0 Å². The summed E-state index contributed by atoms with van der Waals surface area (Å²) in [6, 6.07) is 0. The first kappa shape index (κ1) is 10.6. The minimum absolute atomic E-state index is 0.614. The summed E-state index contributed by atoms with van der Waals surface area (Å²) >= 11 is 7.67. The fraction of sp³-hybridized carbons (Fsp3) is 1.00. The number of hydrogen-bond donors (Lipinski definition) is 0. The summed E-state index contributed by atoms with van der Waals surface area (Å²) in [6.07, 6.45) is 2.59. The zero-order valence-electron chi connectivity index (χ0n) is 7.06. The lowest BCUT2D eigenvalue weighted by Gasteiger charge is -2.13. The molecule has 0 radical (unpaired) electrons. The van der Waals surface area contributed by atoms with Crippen LogP contribution in [0.15, 0.2) is 0 Å². The predicted octanol–water partition coefficient (Wildman–Crippen LogP) is 3.54. The van der Waals surface area contributed by atoms with Gasteiger partial charge in [-0.3, -0.25) is 0 Å². The Morgan fingerprint density at radius 3 is 2.30 bits per heavy atom. The molecule has 0 aliphatic carbocycles. The molecular weight excluding hydrogens is 164 g/mol. The van der Waals surface area contributed by atoms with Crippen LogP contribution in [0.1, 0.15) is 33.6 Å². The van der Waals surface area contributed by atoms with E-state index in [9.17, 15) is 0 Å². The molecule has 62 valence electrons. The smallest absolute Gasteiger partial charge is 0.0340 e. The number of alkyl halides is 1. The van der Waals surface area contributed by atoms with Crippen molar-refractivity contribution in [3.63, 3.8) is 0 Å². The minimum atomic E-state index is 0.614. The molecule has 0 rings (SSSR count). The molecule has 0 aromatic rings. The van der Waals surface area contributed by atoms with Crippen LogP contribution in [0.3, 0.4) is 0 Å². The highest BCUT2D eigenvalue weighted by atomic mass is 35.5. The third-order valence-corrected chi connectivity index (χ3v) is 3.35. The second-order valence-electron chi connectivity index (χ2n) is 2.70. The van der Waals surface area contributed by atoms with E-state index in [4.69, 9.17) is 11.6 Å². The molecule has 10 heavy (non-hydrogen) atoms. The summed E-state index contributed by atoms with van der Waals surface area (Å²) in [5.74, 6) is 0.777. The normalized spacial score (nSPS) is 16.8. The van der Waals surface area contributed by atoms with E-state index >= 15 is 0 Å². The van der Waals surface area contributed by atoms with Gasteiger partial charge in [-0.2, -0.15) is 11.8 Å². The second kappa shape index (κ2) is 6.36. The van der Waals surface area contributed by atoms with E-state index in [-0.39, 0.29) is 0 Å². The summed E-state index contributed by atoms with van der Waals surface area (Å²) in [5, 5.41) is 1.39. The quantitative estimate of drug-likeness (QED) is 0.584. The van der Waals surface area contributed by atoms with E-state index < -0.39 is 0 Å². The van der Waals surface area contributed by atoms with Gasteiger partial charge in [-0.05, 0) is 6.42 Å². The first-order chi connectivity index (χ1) is 4.70. The maximum atomic E-state index is 5.68. The Morgan fingerprint density at radius 2 is 1.90 bits per heavy atom. The Labute approximate surface area is 73.7 Å². The standard InChI is InChI=1S/C8H17ClS/c1-4-5-7(2)10-8(3)6-9/h7-8H,4-6H2,1-3H3. The summed E-state index contributed by atoms with van der Waals surface area (Å²) in [6.45, 7) is 6.68. The van der Waals surface area contributed by atoms with E-state index in [0.29, 0.717) is 5.25 Å². The topological polar surface area (TPSA) is 0 Å². The summed E-state index contributed by atoms with van der Waals surface area (Å²) < 4.78 is 0. The lowest BCUT2D eigenvalue weighted by atomic mass is 10.3. The molecule has 0 fully saturated rings. The maximum absolute atomic E-state index is 5.68. The summed E-state index contributed by atoms with van der Waals surface area (Å²) in [7, 11) is 0. The zero-order chi connectivity index (χ0) is 7.98. The van der Waals surface area contributed by atoms with Crippen molar-refractivity contribution in [1.29, 1.82) is 0 Å². The van der Waals surface area contributed by atoms with Crippen molar-refractivity contribution in [2.75, 3.05) is 5.88 Å². The monoisotopic (exact) mass is 180 g/mol.